The number of rotatable bonds is 5. The number of benzene rings is 1. The summed E-state index contributed by atoms with van der Waals surface area (Å²) in [4.78, 5) is 30.7. The molecule has 2 aliphatic heterocycles. The average Bonchev–Trinajstić information content (AvgIpc) is 2.64. The zero-order valence-corrected chi connectivity index (χ0v) is 16.5. The lowest BCUT2D eigenvalue weighted by atomic mass is 9.93. The number of halogens is 3. The fourth-order valence-corrected chi connectivity index (χ4v) is 3.48. The van der Waals surface area contributed by atoms with Crippen molar-refractivity contribution in [2.75, 3.05) is 31.5 Å². The van der Waals surface area contributed by atoms with E-state index in [0.717, 1.165) is 10.5 Å². The van der Waals surface area contributed by atoms with Crippen LogP contribution in [0.2, 0.25) is 0 Å². The van der Waals surface area contributed by atoms with E-state index in [0.29, 0.717) is 30.4 Å². The minimum Gasteiger partial charge on any atom is -0.487 e. The normalized spacial score (nSPS) is 17.0. The maximum Gasteiger partial charge on any atom is 0.397 e. The molecule has 0 aliphatic carbocycles. The second kappa shape index (κ2) is 8.44. The van der Waals surface area contributed by atoms with E-state index < -0.39 is 18.5 Å². The third-order valence-electron chi connectivity index (χ3n) is 5.29. The molecule has 2 fully saturated rings. The van der Waals surface area contributed by atoms with Crippen LogP contribution in [0.4, 0.5) is 23.7 Å². The highest BCUT2D eigenvalue weighted by Gasteiger charge is 2.39. The van der Waals surface area contributed by atoms with Gasteiger partial charge in [-0.1, -0.05) is 6.07 Å². The molecule has 1 aromatic heterocycles. The maximum atomic E-state index is 12.3. The Morgan fingerprint density at radius 3 is 2.39 bits per heavy atom. The van der Waals surface area contributed by atoms with Crippen LogP contribution in [-0.4, -0.2) is 65.2 Å². The van der Waals surface area contributed by atoms with E-state index in [1.165, 1.54) is 0 Å². The number of hydrogen-bond donors (Lipinski definition) is 1. The Labute approximate surface area is 176 Å². The first-order valence-electron chi connectivity index (χ1n) is 9.84. The number of carbonyl (C=O) groups is 2. The van der Waals surface area contributed by atoms with Crippen molar-refractivity contribution in [1.29, 1.82) is 0 Å². The van der Waals surface area contributed by atoms with E-state index in [4.69, 9.17) is 4.74 Å². The Kier molecular flexibility index (Phi) is 5.71. The first kappa shape index (κ1) is 21.0. The Bertz CT molecular complexity index is 925. The molecule has 0 saturated carbocycles. The molecule has 3 heterocycles. The Morgan fingerprint density at radius 1 is 1.06 bits per heavy atom. The summed E-state index contributed by atoms with van der Waals surface area (Å²) >= 11 is 0. The molecule has 10 heteroatoms. The van der Waals surface area contributed by atoms with Crippen molar-refractivity contribution >= 4 is 17.6 Å². The first-order valence-corrected chi connectivity index (χ1v) is 9.84. The van der Waals surface area contributed by atoms with Gasteiger partial charge in [-0.3, -0.25) is 9.78 Å². The number of anilines is 1. The van der Waals surface area contributed by atoms with Crippen molar-refractivity contribution in [2.24, 2.45) is 0 Å². The predicted molar refractivity (Wildman–Crippen MR) is 106 cm³/mol. The van der Waals surface area contributed by atoms with E-state index in [-0.39, 0.29) is 25.2 Å². The van der Waals surface area contributed by atoms with Gasteiger partial charge >= 0.3 is 12.2 Å². The van der Waals surface area contributed by atoms with Gasteiger partial charge in [0, 0.05) is 37.1 Å². The van der Waals surface area contributed by atoms with Crippen LogP contribution in [0.25, 0.3) is 0 Å². The number of aromatic nitrogens is 1. The van der Waals surface area contributed by atoms with Crippen molar-refractivity contribution in [3.63, 3.8) is 0 Å². The minimum absolute atomic E-state index is 0.125. The van der Waals surface area contributed by atoms with Gasteiger partial charge < -0.3 is 19.9 Å². The Hall–Kier alpha value is -3.30. The fraction of sp³-hybridized carbons (Fsp3) is 0.381. The molecule has 164 valence electrons. The SMILES string of the molecule is O=C(CC(F)(F)F)N1CC(Oc2ccc(NC(=O)N3CC(c4cccnc4)C3)cc2)C1. The number of alkyl halides is 3. The predicted octanol–water partition coefficient (Wildman–Crippen LogP) is 3.25. The highest BCUT2D eigenvalue weighted by Crippen LogP contribution is 2.28. The molecule has 1 aromatic carbocycles. The molecule has 2 aliphatic rings. The summed E-state index contributed by atoms with van der Waals surface area (Å²) in [5.41, 5.74) is 1.72. The number of amides is 3. The lowest BCUT2D eigenvalue weighted by molar-refractivity contribution is -0.167. The lowest BCUT2D eigenvalue weighted by Gasteiger charge is -2.39. The van der Waals surface area contributed by atoms with Gasteiger partial charge in [-0.2, -0.15) is 13.2 Å². The van der Waals surface area contributed by atoms with Crippen LogP contribution < -0.4 is 10.1 Å². The molecule has 31 heavy (non-hydrogen) atoms. The lowest BCUT2D eigenvalue weighted by Crippen LogP contribution is -2.56. The smallest absolute Gasteiger partial charge is 0.397 e. The molecule has 0 unspecified atom stereocenters. The quantitative estimate of drug-likeness (QED) is 0.784. The van der Waals surface area contributed by atoms with Gasteiger partial charge in [0.25, 0.3) is 0 Å². The van der Waals surface area contributed by atoms with E-state index in [2.05, 4.69) is 10.3 Å². The second-order valence-corrected chi connectivity index (χ2v) is 7.67. The van der Waals surface area contributed by atoms with Crippen molar-refractivity contribution in [3.05, 3.63) is 54.4 Å². The monoisotopic (exact) mass is 434 g/mol. The number of ether oxygens (including phenoxy) is 1. The minimum atomic E-state index is -4.50. The van der Waals surface area contributed by atoms with Crippen LogP contribution in [0.15, 0.2) is 48.8 Å². The molecule has 1 N–H and O–H groups in total. The molecule has 4 rings (SSSR count). The van der Waals surface area contributed by atoms with Crippen LogP contribution in [0.5, 0.6) is 5.75 Å². The van der Waals surface area contributed by atoms with Crippen LogP contribution in [-0.2, 0) is 4.79 Å². The largest absolute Gasteiger partial charge is 0.487 e. The molecule has 2 aromatic rings. The van der Waals surface area contributed by atoms with E-state index >= 15 is 0 Å². The second-order valence-electron chi connectivity index (χ2n) is 7.67. The van der Waals surface area contributed by atoms with Gasteiger partial charge in [-0.15, -0.1) is 0 Å². The zero-order chi connectivity index (χ0) is 22.0. The van der Waals surface area contributed by atoms with Crippen LogP contribution in [0, 0.1) is 0 Å². The maximum absolute atomic E-state index is 12.3. The van der Waals surface area contributed by atoms with Crippen molar-refractivity contribution in [1.82, 2.24) is 14.8 Å². The number of carbonyl (C=O) groups excluding carboxylic acids is 2. The summed E-state index contributed by atoms with van der Waals surface area (Å²) in [7, 11) is 0. The average molecular weight is 434 g/mol. The highest BCUT2D eigenvalue weighted by molar-refractivity contribution is 5.90. The van der Waals surface area contributed by atoms with Gasteiger partial charge in [-0.25, -0.2) is 4.79 Å². The molecule has 0 radical (unpaired) electrons. The van der Waals surface area contributed by atoms with Crippen molar-refractivity contribution in [3.8, 4) is 5.75 Å². The summed E-state index contributed by atoms with van der Waals surface area (Å²) in [6.45, 7) is 1.51. The van der Waals surface area contributed by atoms with Crippen LogP contribution >= 0.6 is 0 Å². The van der Waals surface area contributed by atoms with Crippen LogP contribution in [0.1, 0.15) is 17.9 Å². The van der Waals surface area contributed by atoms with Crippen molar-refractivity contribution in [2.45, 2.75) is 24.6 Å². The van der Waals surface area contributed by atoms with Gasteiger partial charge in [0.15, 0.2) is 0 Å². The Balaban J connectivity index is 1.19. The zero-order valence-electron chi connectivity index (χ0n) is 16.5. The number of urea groups is 1. The fourth-order valence-electron chi connectivity index (χ4n) is 3.48. The van der Waals surface area contributed by atoms with Gasteiger partial charge in [-0.05, 0) is 35.9 Å². The number of nitrogens with one attached hydrogen (secondary N) is 1. The summed E-state index contributed by atoms with van der Waals surface area (Å²) in [6.07, 6.45) is -2.77. The number of hydrogen-bond acceptors (Lipinski definition) is 4. The van der Waals surface area contributed by atoms with Gasteiger partial charge in [0.2, 0.25) is 5.91 Å². The molecule has 0 bridgehead atoms. The molecular formula is C21H21F3N4O3. The van der Waals surface area contributed by atoms with Gasteiger partial charge in [0.05, 0.1) is 13.1 Å². The third kappa shape index (κ3) is 5.25. The summed E-state index contributed by atoms with van der Waals surface area (Å²) < 4.78 is 42.4. The number of pyridine rings is 1. The Morgan fingerprint density at radius 2 is 1.77 bits per heavy atom. The third-order valence-corrected chi connectivity index (χ3v) is 5.29. The molecule has 0 spiro atoms. The molecule has 7 nitrogen and oxygen atoms in total. The first-order chi connectivity index (χ1) is 14.8. The standard InChI is InChI=1S/C21H21F3N4O3/c22-21(23,24)8-19(29)27-12-18(13-27)31-17-5-3-16(4-6-17)26-20(30)28-10-15(11-28)14-2-1-7-25-9-14/h1-7,9,15,18H,8,10-13H2,(H,26,30). The summed E-state index contributed by atoms with van der Waals surface area (Å²) in [6, 6.07) is 10.4. The summed E-state index contributed by atoms with van der Waals surface area (Å²) in [5.74, 6) is -0.131. The highest BCUT2D eigenvalue weighted by atomic mass is 19.4. The van der Waals surface area contributed by atoms with E-state index in [1.807, 2.05) is 18.3 Å². The number of nitrogens with zero attached hydrogens (tertiary/aromatic N) is 3. The van der Waals surface area contributed by atoms with E-state index in [9.17, 15) is 22.8 Å². The van der Waals surface area contributed by atoms with Gasteiger partial charge in [0.1, 0.15) is 18.3 Å². The molecular weight excluding hydrogens is 413 g/mol. The number of likely N-dealkylation sites (tertiary alicyclic amines) is 2. The molecule has 3 amide bonds. The topological polar surface area (TPSA) is 74.8 Å². The van der Waals surface area contributed by atoms with Crippen LogP contribution in [0.3, 0.4) is 0 Å². The molecule has 2 saturated heterocycles. The van der Waals surface area contributed by atoms with E-state index in [1.54, 1.807) is 35.4 Å². The summed E-state index contributed by atoms with van der Waals surface area (Å²) in [5, 5.41) is 2.82. The molecule has 0 atom stereocenters. The van der Waals surface area contributed by atoms with Crippen molar-refractivity contribution < 1.29 is 27.5 Å².